The van der Waals surface area contributed by atoms with Gasteiger partial charge in [0.1, 0.15) is 11.6 Å². The monoisotopic (exact) mass is 423 g/mol. The third-order valence-corrected chi connectivity index (χ3v) is 5.26. The summed E-state index contributed by atoms with van der Waals surface area (Å²) in [5.41, 5.74) is -0.0853. The minimum Gasteiger partial charge on any atom is -0.459 e. The first-order valence-electron chi connectivity index (χ1n) is 10.3. The minimum atomic E-state index is -1.01. The summed E-state index contributed by atoms with van der Waals surface area (Å²) in [5, 5.41) is 14.8. The second-order valence-electron chi connectivity index (χ2n) is 7.60. The largest absolute Gasteiger partial charge is 0.459 e. The molecule has 2 N–H and O–H groups in total. The van der Waals surface area contributed by atoms with Crippen molar-refractivity contribution in [1.29, 1.82) is 5.26 Å². The van der Waals surface area contributed by atoms with Crippen LogP contribution in [-0.4, -0.2) is 36.0 Å². The number of ether oxygens (including phenoxy) is 1. The van der Waals surface area contributed by atoms with Gasteiger partial charge in [-0.1, -0.05) is 49.6 Å². The summed E-state index contributed by atoms with van der Waals surface area (Å²) in [7, 11) is 0. The highest BCUT2D eigenvalue weighted by molar-refractivity contribution is 5.94. The SMILES string of the molecule is N#CC1(NC(=O)COC(=O)[C@H](Cc2ccccc2)NC(=O)c2ccco2)CCCCC1. The molecule has 8 nitrogen and oxygen atoms in total. The van der Waals surface area contributed by atoms with Gasteiger partial charge in [-0.15, -0.1) is 0 Å². The number of nitrogens with one attached hydrogen (secondary N) is 2. The van der Waals surface area contributed by atoms with Crippen molar-refractivity contribution < 1.29 is 23.5 Å². The standard InChI is InChI=1S/C23H25N3O5/c24-16-23(11-5-2-6-12-23)26-20(27)15-31-22(29)18(14-17-8-3-1-4-9-17)25-21(28)19-10-7-13-30-19/h1,3-4,7-10,13,18H,2,5-6,11-12,14-15H2,(H,25,28)(H,26,27)/t18-/m0/s1. The van der Waals surface area contributed by atoms with E-state index in [-0.39, 0.29) is 12.2 Å². The van der Waals surface area contributed by atoms with E-state index < -0.39 is 36.0 Å². The molecular weight excluding hydrogens is 398 g/mol. The van der Waals surface area contributed by atoms with Gasteiger partial charge in [0.15, 0.2) is 12.4 Å². The minimum absolute atomic E-state index is 0.0665. The number of benzene rings is 1. The average molecular weight is 423 g/mol. The summed E-state index contributed by atoms with van der Waals surface area (Å²) in [6, 6.07) is 13.4. The Morgan fingerprint density at radius 2 is 1.84 bits per heavy atom. The Balaban J connectivity index is 1.61. The van der Waals surface area contributed by atoms with Crippen LogP contribution in [0.2, 0.25) is 0 Å². The maximum atomic E-state index is 12.7. The molecule has 2 amide bonds. The van der Waals surface area contributed by atoms with Gasteiger partial charge in [-0.3, -0.25) is 9.59 Å². The molecule has 1 atom stereocenters. The first kappa shape index (κ1) is 22.1. The normalized spacial score (nSPS) is 15.8. The molecule has 0 radical (unpaired) electrons. The first-order chi connectivity index (χ1) is 15.0. The van der Waals surface area contributed by atoms with Crippen LogP contribution in [0, 0.1) is 11.3 Å². The topological polar surface area (TPSA) is 121 Å². The van der Waals surface area contributed by atoms with Crippen LogP contribution in [0.25, 0.3) is 0 Å². The molecule has 2 aromatic rings. The summed E-state index contributed by atoms with van der Waals surface area (Å²) in [6.07, 6.45) is 5.48. The van der Waals surface area contributed by atoms with Crippen LogP contribution in [0.5, 0.6) is 0 Å². The Hall–Kier alpha value is -3.60. The van der Waals surface area contributed by atoms with Gasteiger partial charge in [-0.05, 0) is 30.5 Å². The number of furan rings is 1. The van der Waals surface area contributed by atoms with Gasteiger partial charge < -0.3 is 19.8 Å². The fourth-order valence-electron chi connectivity index (χ4n) is 3.64. The molecule has 0 bridgehead atoms. The summed E-state index contributed by atoms with van der Waals surface area (Å²) < 4.78 is 10.3. The van der Waals surface area contributed by atoms with Crippen LogP contribution in [0.4, 0.5) is 0 Å². The van der Waals surface area contributed by atoms with E-state index in [9.17, 15) is 19.6 Å². The van der Waals surface area contributed by atoms with Crippen LogP contribution >= 0.6 is 0 Å². The summed E-state index contributed by atoms with van der Waals surface area (Å²) in [4.78, 5) is 37.4. The number of nitriles is 1. The van der Waals surface area contributed by atoms with Crippen molar-refractivity contribution in [2.24, 2.45) is 0 Å². The molecular formula is C23H25N3O5. The zero-order valence-electron chi connectivity index (χ0n) is 17.1. The van der Waals surface area contributed by atoms with Crippen molar-refractivity contribution in [2.75, 3.05) is 6.61 Å². The summed E-state index contributed by atoms with van der Waals surface area (Å²) in [5.74, 6) is -1.77. The van der Waals surface area contributed by atoms with E-state index in [0.29, 0.717) is 12.8 Å². The third kappa shape index (κ3) is 6.19. The Morgan fingerprint density at radius 1 is 1.10 bits per heavy atom. The summed E-state index contributed by atoms with van der Waals surface area (Å²) >= 11 is 0. The lowest BCUT2D eigenvalue weighted by Crippen LogP contribution is -2.50. The zero-order chi connectivity index (χ0) is 22.1. The number of esters is 1. The van der Waals surface area contributed by atoms with Crippen LogP contribution in [0.1, 0.15) is 48.2 Å². The predicted octanol–water partition coefficient (Wildman–Crippen LogP) is 2.51. The van der Waals surface area contributed by atoms with E-state index >= 15 is 0 Å². The average Bonchev–Trinajstić information content (AvgIpc) is 3.33. The molecule has 8 heteroatoms. The maximum absolute atomic E-state index is 12.7. The number of carbonyl (C=O) groups is 3. The van der Waals surface area contributed by atoms with Gasteiger partial charge in [-0.2, -0.15) is 5.26 Å². The van der Waals surface area contributed by atoms with Crippen LogP contribution in [-0.2, 0) is 20.7 Å². The van der Waals surface area contributed by atoms with Crippen molar-refractivity contribution in [3.05, 3.63) is 60.1 Å². The summed E-state index contributed by atoms with van der Waals surface area (Å²) in [6.45, 7) is -0.524. The molecule has 1 aromatic carbocycles. The second-order valence-corrected chi connectivity index (χ2v) is 7.60. The van der Waals surface area contributed by atoms with E-state index in [2.05, 4.69) is 16.7 Å². The lowest BCUT2D eigenvalue weighted by molar-refractivity contribution is -0.150. The first-order valence-corrected chi connectivity index (χ1v) is 10.3. The Morgan fingerprint density at radius 3 is 2.48 bits per heavy atom. The molecule has 3 rings (SSSR count). The molecule has 1 aliphatic carbocycles. The zero-order valence-corrected chi connectivity index (χ0v) is 17.1. The van der Waals surface area contributed by atoms with Crippen molar-refractivity contribution in [1.82, 2.24) is 10.6 Å². The van der Waals surface area contributed by atoms with Crippen LogP contribution in [0.15, 0.2) is 53.1 Å². The van der Waals surface area contributed by atoms with Crippen molar-refractivity contribution in [3.8, 4) is 6.07 Å². The maximum Gasteiger partial charge on any atom is 0.329 e. The number of nitrogens with zero attached hydrogens (tertiary/aromatic N) is 1. The lowest BCUT2D eigenvalue weighted by Gasteiger charge is -2.31. The number of hydrogen-bond acceptors (Lipinski definition) is 6. The van der Waals surface area contributed by atoms with Crippen molar-refractivity contribution >= 4 is 17.8 Å². The second kappa shape index (κ2) is 10.4. The fourth-order valence-corrected chi connectivity index (χ4v) is 3.64. The van der Waals surface area contributed by atoms with Crippen LogP contribution in [0.3, 0.4) is 0 Å². The van der Waals surface area contributed by atoms with Gasteiger partial charge in [0.05, 0.1) is 12.3 Å². The Kier molecular flexibility index (Phi) is 7.44. The van der Waals surface area contributed by atoms with E-state index in [1.807, 2.05) is 30.3 Å². The molecule has 31 heavy (non-hydrogen) atoms. The Labute approximate surface area is 180 Å². The van der Waals surface area contributed by atoms with E-state index in [1.54, 1.807) is 6.07 Å². The van der Waals surface area contributed by atoms with Crippen molar-refractivity contribution in [3.63, 3.8) is 0 Å². The number of rotatable bonds is 8. The predicted molar refractivity (Wildman–Crippen MR) is 111 cm³/mol. The number of carbonyl (C=O) groups excluding carboxylic acids is 3. The van der Waals surface area contributed by atoms with Gasteiger partial charge in [0, 0.05) is 6.42 Å². The van der Waals surface area contributed by atoms with Gasteiger partial charge in [0.25, 0.3) is 11.8 Å². The number of amides is 2. The molecule has 1 heterocycles. The molecule has 0 unspecified atom stereocenters. The quantitative estimate of drug-likeness (QED) is 0.629. The molecule has 0 spiro atoms. The molecule has 0 aliphatic heterocycles. The highest BCUT2D eigenvalue weighted by Gasteiger charge is 2.34. The van der Waals surface area contributed by atoms with Gasteiger partial charge in [-0.25, -0.2) is 4.79 Å². The highest BCUT2D eigenvalue weighted by atomic mass is 16.5. The molecule has 1 aromatic heterocycles. The number of hydrogen-bond donors (Lipinski definition) is 2. The van der Waals surface area contributed by atoms with E-state index in [0.717, 1.165) is 24.8 Å². The molecule has 1 saturated carbocycles. The highest BCUT2D eigenvalue weighted by Crippen LogP contribution is 2.27. The van der Waals surface area contributed by atoms with Crippen LogP contribution < -0.4 is 10.6 Å². The lowest BCUT2D eigenvalue weighted by atomic mass is 9.83. The Bertz CT molecular complexity index is 928. The van der Waals surface area contributed by atoms with Gasteiger partial charge in [0.2, 0.25) is 0 Å². The molecule has 1 fully saturated rings. The van der Waals surface area contributed by atoms with Gasteiger partial charge >= 0.3 is 5.97 Å². The third-order valence-electron chi connectivity index (χ3n) is 5.26. The molecule has 0 saturated heterocycles. The van der Waals surface area contributed by atoms with E-state index in [1.165, 1.54) is 12.3 Å². The van der Waals surface area contributed by atoms with E-state index in [4.69, 9.17) is 9.15 Å². The fraction of sp³-hybridized carbons (Fsp3) is 0.391. The smallest absolute Gasteiger partial charge is 0.329 e. The molecule has 162 valence electrons. The molecule has 1 aliphatic rings. The van der Waals surface area contributed by atoms with Crippen molar-refractivity contribution in [2.45, 2.75) is 50.1 Å².